The fourth-order valence-corrected chi connectivity index (χ4v) is 5.56. The molecule has 0 spiro atoms. The Hall–Kier alpha value is -3.59. The average molecular weight is 568 g/mol. The van der Waals surface area contributed by atoms with Crippen LogP contribution in [0, 0.1) is 5.82 Å². The van der Waals surface area contributed by atoms with Crippen LogP contribution < -0.4 is 4.90 Å². The van der Waals surface area contributed by atoms with Crippen molar-refractivity contribution in [1.82, 2.24) is 19.6 Å². The summed E-state index contributed by atoms with van der Waals surface area (Å²) in [5.74, 6) is -0.404. The Kier molecular flexibility index (Phi) is 8.03. The fraction of sp³-hybridized carbons (Fsp3) is 0.433. The molecule has 1 aromatic heterocycles. The van der Waals surface area contributed by atoms with E-state index in [0.717, 1.165) is 11.4 Å². The van der Waals surface area contributed by atoms with Crippen LogP contribution in [-0.2, 0) is 4.74 Å². The first-order valence-electron chi connectivity index (χ1n) is 13.7. The summed E-state index contributed by atoms with van der Waals surface area (Å²) in [5.41, 5.74) is 2.52. The first-order valence-corrected chi connectivity index (χ1v) is 14.1. The van der Waals surface area contributed by atoms with Crippen LogP contribution >= 0.6 is 11.6 Å². The van der Waals surface area contributed by atoms with Crippen molar-refractivity contribution in [2.45, 2.75) is 45.1 Å². The van der Waals surface area contributed by atoms with Crippen molar-refractivity contribution in [2.75, 3.05) is 44.2 Å². The van der Waals surface area contributed by atoms with Crippen molar-refractivity contribution in [1.29, 1.82) is 0 Å². The van der Waals surface area contributed by atoms with Gasteiger partial charge in [0.15, 0.2) is 0 Å². The van der Waals surface area contributed by atoms with Crippen molar-refractivity contribution < 1.29 is 18.7 Å². The number of amides is 2. The average Bonchev–Trinajstić information content (AvgIpc) is 3.37. The van der Waals surface area contributed by atoms with Gasteiger partial charge in [-0.25, -0.2) is 13.9 Å². The van der Waals surface area contributed by atoms with Gasteiger partial charge in [0.25, 0.3) is 5.91 Å². The minimum absolute atomic E-state index is 0.00191. The summed E-state index contributed by atoms with van der Waals surface area (Å²) in [6.45, 7) is 9.12. The molecule has 0 unspecified atom stereocenters. The number of piperazine rings is 1. The second-order valence-electron chi connectivity index (χ2n) is 11.3. The third-order valence-corrected chi connectivity index (χ3v) is 7.62. The molecule has 5 rings (SSSR count). The van der Waals surface area contributed by atoms with Crippen LogP contribution in [0.15, 0.2) is 54.7 Å². The molecule has 0 N–H and O–H groups in total. The van der Waals surface area contributed by atoms with Crippen LogP contribution in [0.1, 0.15) is 55.6 Å². The Balaban J connectivity index is 1.36. The first kappa shape index (κ1) is 28.0. The lowest BCUT2D eigenvalue weighted by Crippen LogP contribution is -2.49. The van der Waals surface area contributed by atoms with Crippen LogP contribution in [0.25, 0.3) is 5.69 Å². The number of hydrogen-bond donors (Lipinski definition) is 0. The molecule has 3 heterocycles. The van der Waals surface area contributed by atoms with Gasteiger partial charge in [-0.2, -0.15) is 5.10 Å². The zero-order valence-corrected chi connectivity index (χ0v) is 23.9. The lowest BCUT2D eigenvalue weighted by atomic mass is 9.90. The van der Waals surface area contributed by atoms with E-state index in [4.69, 9.17) is 16.3 Å². The lowest BCUT2D eigenvalue weighted by molar-refractivity contribution is 0.0203. The smallest absolute Gasteiger partial charge is 0.410 e. The molecule has 0 bridgehead atoms. The summed E-state index contributed by atoms with van der Waals surface area (Å²) in [7, 11) is 0. The predicted octanol–water partition coefficient (Wildman–Crippen LogP) is 5.74. The molecule has 8 nitrogen and oxygen atoms in total. The Bertz CT molecular complexity index is 1350. The highest BCUT2D eigenvalue weighted by Gasteiger charge is 2.34. The molecule has 2 aliphatic rings. The molecule has 40 heavy (non-hydrogen) atoms. The van der Waals surface area contributed by atoms with Crippen molar-refractivity contribution in [3.05, 3.63) is 76.8 Å². The van der Waals surface area contributed by atoms with Crippen molar-refractivity contribution in [3.63, 3.8) is 0 Å². The van der Waals surface area contributed by atoms with E-state index >= 15 is 0 Å². The van der Waals surface area contributed by atoms with Gasteiger partial charge in [-0.3, -0.25) is 4.79 Å². The molecular weight excluding hydrogens is 533 g/mol. The van der Waals surface area contributed by atoms with Gasteiger partial charge in [0.2, 0.25) is 0 Å². The van der Waals surface area contributed by atoms with Crippen LogP contribution in [0.2, 0.25) is 5.02 Å². The van der Waals surface area contributed by atoms with Gasteiger partial charge in [0.05, 0.1) is 23.1 Å². The van der Waals surface area contributed by atoms with Crippen LogP contribution in [0.5, 0.6) is 0 Å². The van der Waals surface area contributed by atoms with Gasteiger partial charge < -0.3 is 19.4 Å². The second kappa shape index (κ2) is 11.5. The predicted molar refractivity (Wildman–Crippen MR) is 153 cm³/mol. The highest BCUT2D eigenvalue weighted by atomic mass is 35.5. The molecule has 2 saturated heterocycles. The largest absolute Gasteiger partial charge is 0.444 e. The topological polar surface area (TPSA) is 70.9 Å². The number of hydrogen-bond acceptors (Lipinski definition) is 5. The van der Waals surface area contributed by atoms with E-state index < -0.39 is 5.60 Å². The molecule has 212 valence electrons. The third-order valence-electron chi connectivity index (χ3n) is 7.38. The number of anilines is 1. The molecule has 2 fully saturated rings. The third kappa shape index (κ3) is 6.25. The number of rotatable bonds is 4. The molecule has 0 saturated carbocycles. The zero-order chi connectivity index (χ0) is 28.4. The maximum absolute atomic E-state index is 13.9. The Morgan fingerprint density at radius 2 is 1.60 bits per heavy atom. The number of nitrogens with zero attached hydrogens (tertiary/aromatic N) is 5. The van der Waals surface area contributed by atoms with Gasteiger partial charge >= 0.3 is 6.09 Å². The Labute approximate surface area is 239 Å². The minimum Gasteiger partial charge on any atom is -0.444 e. The molecule has 2 amide bonds. The van der Waals surface area contributed by atoms with Gasteiger partial charge in [-0.15, -0.1) is 0 Å². The molecule has 0 atom stereocenters. The molecule has 0 radical (unpaired) electrons. The van der Waals surface area contributed by atoms with E-state index in [0.29, 0.717) is 68.4 Å². The second-order valence-corrected chi connectivity index (χ2v) is 11.8. The van der Waals surface area contributed by atoms with E-state index in [1.807, 2.05) is 49.9 Å². The maximum Gasteiger partial charge on any atom is 0.410 e. The number of halogens is 2. The maximum atomic E-state index is 13.9. The van der Waals surface area contributed by atoms with Crippen molar-refractivity contribution in [3.8, 4) is 5.69 Å². The monoisotopic (exact) mass is 567 g/mol. The number of ether oxygens (including phenoxy) is 1. The number of carbonyl (C=O) groups is 2. The number of carbonyl (C=O) groups excluding carboxylic acids is 2. The molecule has 0 aliphatic carbocycles. The number of likely N-dealkylation sites (tertiary alicyclic amines) is 1. The summed E-state index contributed by atoms with van der Waals surface area (Å²) >= 11 is 6.18. The number of aromatic nitrogens is 2. The Morgan fingerprint density at radius 3 is 2.23 bits per heavy atom. The SMILES string of the molecule is CC(C)(C)OC(=O)N1CCC(c2c(C(=O)N3CCN(c4cccc(Cl)c4)CC3)cnn2-c2ccc(F)cc2)CC1. The summed E-state index contributed by atoms with van der Waals surface area (Å²) in [4.78, 5) is 32.3. The van der Waals surface area contributed by atoms with E-state index in [2.05, 4.69) is 10.00 Å². The number of benzene rings is 2. The molecule has 2 aromatic carbocycles. The van der Waals surface area contributed by atoms with Crippen LogP contribution in [-0.4, -0.2) is 76.5 Å². The normalized spacial score (nSPS) is 16.8. The van der Waals surface area contributed by atoms with Gasteiger partial charge in [0, 0.05) is 55.9 Å². The highest BCUT2D eigenvalue weighted by molar-refractivity contribution is 6.30. The van der Waals surface area contributed by atoms with E-state index in [-0.39, 0.29) is 23.7 Å². The van der Waals surface area contributed by atoms with Crippen molar-refractivity contribution in [2.24, 2.45) is 0 Å². The summed E-state index contributed by atoms with van der Waals surface area (Å²) < 4.78 is 21.0. The highest BCUT2D eigenvalue weighted by Crippen LogP contribution is 2.33. The zero-order valence-electron chi connectivity index (χ0n) is 23.1. The summed E-state index contributed by atoms with van der Waals surface area (Å²) in [6, 6.07) is 13.9. The minimum atomic E-state index is -0.564. The quantitative estimate of drug-likeness (QED) is 0.402. The summed E-state index contributed by atoms with van der Waals surface area (Å²) in [6.07, 6.45) is 2.63. The molecule has 10 heteroatoms. The van der Waals surface area contributed by atoms with Crippen LogP contribution in [0.4, 0.5) is 14.9 Å². The van der Waals surface area contributed by atoms with Gasteiger partial charge in [0.1, 0.15) is 11.4 Å². The Morgan fingerprint density at radius 1 is 0.925 bits per heavy atom. The van der Waals surface area contributed by atoms with Gasteiger partial charge in [-0.05, 0) is 76.1 Å². The van der Waals surface area contributed by atoms with Gasteiger partial charge in [-0.1, -0.05) is 17.7 Å². The standard InChI is InChI=1S/C30H35ClFN5O3/c1-30(2,3)40-29(39)36-13-11-21(12-14-36)27-26(20-33-37(27)24-9-7-23(32)8-10-24)28(38)35-17-15-34(16-18-35)25-6-4-5-22(31)19-25/h4-10,19-21H,11-18H2,1-3H3. The van der Waals surface area contributed by atoms with Crippen LogP contribution in [0.3, 0.4) is 0 Å². The summed E-state index contributed by atoms with van der Waals surface area (Å²) in [5, 5.41) is 5.29. The first-order chi connectivity index (χ1) is 19.1. The van der Waals surface area contributed by atoms with E-state index in [9.17, 15) is 14.0 Å². The molecule has 2 aliphatic heterocycles. The number of piperidine rings is 1. The van der Waals surface area contributed by atoms with E-state index in [1.165, 1.54) is 12.1 Å². The molecule has 3 aromatic rings. The molecular formula is C30H35ClFN5O3. The van der Waals surface area contributed by atoms with E-state index in [1.54, 1.807) is 27.9 Å². The lowest BCUT2D eigenvalue weighted by Gasteiger charge is -2.37. The fourth-order valence-electron chi connectivity index (χ4n) is 5.38. The van der Waals surface area contributed by atoms with Crippen molar-refractivity contribution >= 4 is 29.3 Å².